The van der Waals surface area contributed by atoms with E-state index in [-0.39, 0.29) is 16.7 Å². The largest absolute Gasteiger partial charge is 0.494 e. The first-order chi connectivity index (χ1) is 19.7. The van der Waals surface area contributed by atoms with Gasteiger partial charge in [-0.15, -0.1) is 0 Å². The van der Waals surface area contributed by atoms with E-state index in [1.807, 2.05) is 27.7 Å². The molecule has 6 nitrogen and oxygen atoms in total. The summed E-state index contributed by atoms with van der Waals surface area (Å²) in [5.74, 6) is 2.38. The Balaban J connectivity index is 1.20. The van der Waals surface area contributed by atoms with E-state index in [9.17, 15) is 4.79 Å². The monoisotopic (exact) mass is 556 g/mol. The number of aromatic nitrogens is 2. The molecule has 41 heavy (non-hydrogen) atoms. The van der Waals surface area contributed by atoms with Crippen molar-refractivity contribution in [1.29, 1.82) is 0 Å². The molecule has 2 bridgehead atoms. The number of rotatable bonds is 7. The Hall–Kier alpha value is -2.86. The van der Waals surface area contributed by atoms with Crippen molar-refractivity contribution in [3.05, 3.63) is 59.9 Å². The van der Waals surface area contributed by atoms with Crippen molar-refractivity contribution in [1.82, 2.24) is 19.4 Å². The summed E-state index contributed by atoms with van der Waals surface area (Å²) in [6.45, 7) is 13.8. The van der Waals surface area contributed by atoms with Crippen LogP contribution in [0.25, 0.3) is 11.0 Å². The molecule has 0 spiro atoms. The van der Waals surface area contributed by atoms with E-state index in [2.05, 4.69) is 69.8 Å². The van der Waals surface area contributed by atoms with E-state index in [0.29, 0.717) is 24.7 Å². The number of fused-ring (bicyclic) bond motifs is 3. The van der Waals surface area contributed by atoms with Gasteiger partial charge in [0, 0.05) is 42.0 Å². The van der Waals surface area contributed by atoms with Crippen LogP contribution in [0.1, 0.15) is 90.1 Å². The minimum absolute atomic E-state index is 0.0647. The van der Waals surface area contributed by atoms with Gasteiger partial charge in [-0.25, -0.2) is 4.98 Å². The zero-order valence-electron chi connectivity index (χ0n) is 25.7. The van der Waals surface area contributed by atoms with Gasteiger partial charge in [0.2, 0.25) is 5.91 Å². The Labute approximate surface area is 246 Å². The molecule has 1 unspecified atom stereocenters. The van der Waals surface area contributed by atoms with Crippen LogP contribution in [0.4, 0.5) is 0 Å². The number of carbonyl (C=O) groups excluding carboxylic acids is 1. The zero-order chi connectivity index (χ0) is 28.8. The van der Waals surface area contributed by atoms with Crippen molar-refractivity contribution in [2.24, 2.45) is 5.41 Å². The number of amides is 1. The first kappa shape index (κ1) is 28.3. The maximum atomic E-state index is 13.1. The maximum absolute atomic E-state index is 13.1. The lowest BCUT2D eigenvalue weighted by atomic mass is 9.70. The normalized spacial score (nSPS) is 24.6. The average Bonchev–Trinajstić information content (AvgIpc) is 3.42. The van der Waals surface area contributed by atoms with Crippen molar-refractivity contribution >= 4 is 16.9 Å². The highest BCUT2D eigenvalue weighted by molar-refractivity contribution is 5.81. The van der Waals surface area contributed by atoms with Crippen molar-refractivity contribution in [2.75, 3.05) is 26.2 Å². The summed E-state index contributed by atoms with van der Waals surface area (Å²) in [5.41, 5.74) is 3.51. The summed E-state index contributed by atoms with van der Waals surface area (Å²) in [6.07, 6.45) is 8.16. The van der Waals surface area contributed by atoms with Crippen molar-refractivity contribution in [3.8, 4) is 5.75 Å². The van der Waals surface area contributed by atoms with Crippen LogP contribution >= 0.6 is 0 Å². The van der Waals surface area contributed by atoms with Crippen LogP contribution < -0.4 is 4.74 Å². The molecule has 6 heteroatoms. The second-order valence-corrected chi connectivity index (χ2v) is 13.8. The molecule has 3 saturated heterocycles. The molecule has 3 aliphatic heterocycles. The molecule has 4 heterocycles. The van der Waals surface area contributed by atoms with Gasteiger partial charge in [0.15, 0.2) is 0 Å². The number of para-hydroxylation sites is 2. The molecule has 3 aromatic rings. The Morgan fingerprint density at radius 2 is 1.71 bits per heavy atom. The van der Waals surface area contributed by atoms with E-state index in [1.165, 1.54) is 36.8 Å². The summed E-state index contributed by atoms with van der Waals surface area (Å²) in [5, 5.41) is 0. The first-order valence-corrected chi connectivity index (χ1v) is 15.9. The number of piperidine rings is 2. The van der Waals surface area contributed by atoms with E-state index in [4.69, 9.17) is 9.72 Å². The first-order valence-electron chi connectivity index (χ1n) is 15.9. The number of nitrogens with zero attached hydrogens (tertiary/aromatic N) is 4. The highest BCUT2D eigenvalue weighted by atomic mass is 16.5. The minimum atomic E-state index is -0.336. The number of hydrogen-bond acceptors (Lipinski definition) is 4. The standard InChI is InChI=1S/C35H48N4O2/c1-6-41-30-11-9-10-26(22-30)35(16-19-37(20-17-35)33(40)34(3,4)5)18-21-38-27-14-15-28(38)24-29(23-27)39-25(2)36-31-12-7-8-13-32(31)39/h7-13,22,27-29H,6,14-21,23-24H2,1-5H3/t27-,28+,29?. The predicted molar refractivity (Wildman–Crippen MR) is 165 cm³/mol. The Morgan fingerprint density at radius 3 is 2.39 bits per heavy atom. The lowest BCUT2D eigenvalue weighted by Crippen LogP contribution is -2.50. The van der Waals surface area contributed by atoms with Crippen LogP contribution in [0.5, 0.6) is 5.75 Å². The Kier molecular flexibility index (Phi) is 7.65. The maximum Gasteiger partial charge on any atom is 0.227 e. The van der Waals surface area contributed by atoms with Crippen LogP contribution in [0.3, 0.4) is 0 Å². The number of benzene rings is 2. The highest BCUT2D eigenvalue weighted by Crippen LogP contribution is 2.45. The molecule has 3 atom stereocenters. The van der Waals surface area contributed by atoms with Gasteiger partial charge in [-0.05, 0) is 95.2 Å². The van der Waals surface area contributed by atoms with Gasteiger partial charge in [0.25, 0.3) is 0 Å². The fourth-order valence-electron chi connectivity index (χ4n) is 8.17. The lowest BCUT2D eigenvalue weighted by Gasteiger charge is -2.46. The van der Waals surface area contributed by atoms with Gasteiger partial charge >= 0.3 is 0 Å². The Morgan fingerprint density at radius 1 is 1.00 bits per heavy atom. The third-order valence-corrected chi connectivity index (χ3v) is 10.3. The molecule has 0 N–H and O–H groups in total. The summed E-state index contributed by atoms with van der Waals surface area (Å²) < 4.78 is 8.46. The predicted octanol–water partition coefficient (Wildman–Crippen LogP) is 6.91. The van der Waals surface area contributed by atoms with Crippen LogP contribution in [0, 0.1) is 12.3 Å². The van der Waals surface area contributed by atoms with Gasteiger partial charge in [0.1, 0.15) is 11.6 Å². The molecule has 0 aliphatic carbocycles. The molecule has 6 rings (SSSR count). The molecule has 0 radical (unpaired) electrons. The molecule has 0 saturated carbocycles. The number of aryl methyl sites for hydroxylation is 1. The second-order valence-electron chi connectivity index (χ2n) is 13.8. The SMILES string of the molecule is CCOc1cccc(C2(CCN3[C@@H]4CC[C@H]3CC(n3c(C)nc5ccccc53)C4)CCN(C(=O)C(C)(C)C)CC2)c1. The quantitative estimate of drug-likeness (QED) is 0.317. The number of imidazole rings is 1. The molecule has 3 fully saturated rings. The number of carbonyl (C=O) groups is 1. The van der Waals surface area contributed by atoms with Crippen LogP contribution in [0.2, 0.25) is 0 Å². The number of hydrogen-bond donors (Lipinski definition) is 0. The second kappa shape index (κ2) is 11.1. The van der Waals surface area contributed by atoms with E-state index >= 15 is 0 Å². The van der Waals surface area contributed by atoms with Gasteiger partial charge in [0.05, 0.1) is 17.6 Å². The summed E-state index contributed by atoms with van der Waals surface area (Å²) in [7, 11) is 0. The third kappa shape index (κ3) is 5.40. The summed E-state index contributed by atoms with van der Waals surface area (Å²) >= 11 is 0. The van der Waals surface area contributed by atoms with Gasteiger partial charge in [-0.3, -0.25) is 9.69 Å². The van der Waals surface area contributed by atoms with Gasteiger partial charge in [-0.2, -0.15) is 0 Å². The highest BCUT2D eigenvalue weighted by Gasteiger charge is 2.44. The topological polar surface area (TPSA) is 50.6 Å². The fourth-order valence-corrected chi connectivity index (χ4v) is 8.17. The van der Waals surface area contributed by atoms with Crippen LogP contribution in [0.15, 0.2) is 48.5 Å². The number of likely N-dealkylation sites (tertiary alicyclic amines) is 1. The Bertz CT molecular complexity index is 1370. The zero-order valence-corrected chi connectivity index (χ0v) is 25.7. The molecule has 1 amide bonds. The van der Waals surface area contributed by atoms with Crippen molar-refractivity contribution < 1.29 is 9.53 Å². The summed E-state index contributed by atoms with van der Waals surface area (Å²) in [6, 6.07) is 19.2. The van der Waals surface area contributed by atoms with E-state index < -0.39 is 0 Å². The minimum Gasteiger partial charge on any atom is -0.494 e. The molecular weight excluding hydrogens is 508 g/mol. The van der Waals surface area contributed by atoms with Crippen LogP contribution in [-0.4, -0.2) is 63.6 Å². The molecular formula is C35H48N4O2. The van der Waals surface area contributed by atoms with Gasteiger partial charge in [-0.1, -0.05) is 45.0 Å². The van der Waals surface area contributed by atoms with E-state index in [1.54, 1.807) is 0 Å². The average molecular weight is 557 g/mol. The van der Waals surface area contributed by atoms with Crippen molar-refractivity contribution in [3.63, 3.8) is 0 Å². The molecule has 3 aliphatic rings. The van der Waals surface area contributed by atoms with Gasteiger partial charge < -0.3 is 14.2 Å². The molecule has 220 valence electrons. The van der Waals surface area contributed by atoms with E-state index in [0.717, 1.165) is 56.0 Å². The van der Waals surface area contributed by atoms with Crippen LogP contribution in [-0.2, 0) is 10.2 Å². The van der Waals surface area contributed by atoms with Crippen molar-refractivity contribution in [2.45, 2.75) is 103 Å². The number of ether oxygens (including phenoxy) is 1. The summed E-state index contributed by atoms with van der Waals surface area (Å²) in [4.78, 5) is 23.0. The lowest BCUT2D eigenvalue weighted by molar-refractivity contribution is -0.141. The molecule has 2 aromatic carbocycles. The molecule has 1 aromatic heterocycles. The smallest absolute Gasteiger partial charge is 0.227 e. The third-order valence-electron chi connectivity index (χ3n) is 10.3. The fraction of sp³-hybridized carbons (Fsp3) is 0.600.